The molecule has 3 rings (SSSR count). The molecule has 86 valence electrons. The van der Waals surface area contributed by atoms with E-state index in [1.807, 2.05) is 12.1 Å². The third kappa shape index (κ3) is 1.57. The van der Waals surface area contributed by atoms with Crippen LogP contribution in [0.1, 0.15) is 44.1 Å². The van der Waals surface area contributed by atoms with Gasteiger partial charge in [0.1, 0.15) is 0 Å². The standard InChI is InChI=1S/C14H18ClN/c15-12-5-3-11(4-6-12)14(16)9-13(10-14)7-1-2-8-13/h3-6H,1-2,7-10,16H2. The van der Waals surface area contributed by atoms with Gasteiger partial charge in [0.05, 0.1) is 0 Å². The fourth-order valence-corrected chi connectivity index (χ4v) is 3.88. The van der Waals surface area contributed by atoms with Crippen molar-refractivity contribution in [1.29, 1.82) is 0 Å². The summed E-state index contributed by atoms with van der Waals surface area (Å²) in [6.07, 6.45) is 7.91. The molecular weight excluding hydrogens is 218 g/mol. The fraction of sp³-hybridized carbons (Fsp3) is 0.571. The van der Waals surface area contributed by atoms with Gasteiger partial charge in [0.2, 0.25) is 0 Å². The van der Waals surface area contributed by atoms with Gasteiger partial charge in [0.25, 0.3) is 0 Å². The van der Waals surface area contributed by atoms with E-state index in [9.17, 15) is 0 Å². The van der Waals surface area contributed by atoms with Crippen molar-refractivity contribution >= 4 is 11.6 Å². The maximum Gasteiger partial charge on any atom is 0.0420 e. The Hall–Kier alpha value is -0.530. The monoisotopic (exact) mass is 235 g/mol. The molecule has 0 radical (unpaired) electrons. The minimum atomic E-state index is -0.0745. The first-order chi connectivity index (χ1) is 7.62. The van der Waals surface area contributed by atoms with E-state index >= 15 is 0 Å². The molecule has 0 heterocycles. The summed E-state index contributed by atoms with van der Waals surface area (Å²) in [6.45, 7) is 0. The molecule has 0 saturated heterocycles. The Kier molecular flexibility index (Phi) is 2.31. The summed E-state index contributed by atoms with van der Waals surface area (Å²) in [5, 5.41) is 0.794. The normalized spacial score (nSPS) is 25.6. The minimum absolute atomic E-state index is 0.0745. The quantitative estimate of drug-likeness (QED) is 0.786. The molecule has 16 heavy (non-hydrogen) atoms. The molecule has 0 aliphatic heterocycles. The lowest BCUT2D eigenvalue weighted by atomic mass is 9.55. The average molecular weight is 236 g/mol. The highest BCUT2D eigenvalue weighted by Gasteiger charge is 2.53. The molecule has 2 fully saturated rings. The molecule has 1 nitrogen and oxygen atoms in total. The van der Waals surface area contributed by atoms with Crippen molar-refractivity contribution in [2.24, 2.45) is 11.1 Å². The lowest BCUT2D eigenvalue weighted by molar-refractivity contribution is 0.0312. The van der Waals surface area contributed by atoms with E-state index in [2.05, 4.69) is 12.1 Å². The zero-order chi connectivity index (χ0) is 11.2. The summed E-state index contributed by atoms with van der Waals surface area (Å²) in [4.78, 5) is 0. The van der Waals surface area contributed by atoms with Gasteiger partial charge >= 0.3 is 0 Å². The van der Waals surface area contributed by atoms with Crippen LogP contribution >= 0.6 is 11.6 Å². The molecular formula is C14H18ClN. The predicted octanol–water partition coefficient (Wildman–Crippen LogP) is 3.85. The Labute approximate surface area is 102 Å². The van der Waals surface area contributed by atoms with Crippen molar-refractivity contribution in [1.82, 2.24) is 0 Å². The van der Waals surface area contributed by atoms with Crippen LogP contribution in [0.2, 0.25) is 5.02 Å². The minimum Gasteiger partial charge on any atom is -0.321 e. The van der Waals surface area contributed by atoms with Gasteiger partial charge in [-0.25, -0.2) is 0 Å². The number of nitrogens with two attached hydrogens (primary N) is 1. The van der Waals surface area contributed by atoms with Crippen molar-refractivity contribution in [3.8, 4) is 0 Å². The Morgan fingerprint density at radius 1 is 1.00 bits per heavy atom. The van der Waals surface area contributed by atoms with E-state index in [1.165, 1.54) is 44.1 Å². The van der Waals surface area contributed by atoms with Crippen LogP contribution < -0.4 is 5.73 Å². The first kappa shape index (κ1) is 10.6. The highest BCUT2D eigenvalue weighted by atomic mass is 35.5. The summed E-state index contributed by atoms with van der Waals surface area (Å²) in [7, 11) is 0. The predicted molar refractivity (Wildman–Crippen MR) is 67.5 cm³/mol. The second-order valence-corrected chi connectivity index (χ2v) is 6.16. The van der Waals surface area contributed by atoms with E-state index in [1.54, 1.807) is 0 Å². The molecule has 0 aromatic heterocycles. The molecule has 1 aromatic carbocycles. The number of rotatable bonds is 1. The second-order valence-electron chi connectivity index (χ2n) is 5.72. The summed E-state index contributed by atoms with van der Waals surface area (Å²) in [5.74, 6) is 0. The van der Waals surface area contributed by atoms with Crippen LogP contribution in [0.5, 0.6) is 0 Å². The van der Waals surface area contributed by atoms with Gasteiger partial charge in [-0.15, -0.1) is 0 Å². The van der Waals surface area contributed by atoms with Gasteiger partial charge in [-0.3, -0.25) is 0 Å². The Morgan fingerprint density at radius 3 is 2.12 bits per heavy atom. The van der Waals surface area contributed by atoms with Gasteiger partial charge in [0, 0.05) is 10.6 Å². The van der Waals surface area contributed by atoms with Crippen LogP contribution in [-0.2, 0) is 5.54 Å². The Morgan fingerprint density at radius 2 is 1.56 bits per heavy atom. The zero-order valence-electron chi connectivity index (χ0n) is 9.51. The molecule has 2 heteroatoms. The topological polar surface area (TPSA) is 26.0 Å². The van der Waals surface area contributed by atoms with Gasteiger partial charge in [-0.1, -0.05) is 36.6 Å². The van der Waals surface area contributed by atoms with Crippen LogP contribution in [-0.4, -0.2) is 0 Å². The Bertz CT molecular complexity index is 382. The van der Waals surface area contributed by atoms with Gasteiger partial charge in [-0.2, -0.15) is 0 Å². The van der Waals surface area contributed by atoms with Gasteiger partial charge in [-0.05, 0) is 48.8 Å². The molecule has 0 bridgehead atoms. The van der Waals surface area contributed by atoms with Crippen molar-refractivity contribution in [3.63, 3.8) is 0 Å². The van der Waals surface area contributed by atoms with Crippen LogP contribution in [0, 0.1) is 5.41 Å². The maximum absolute atomic E-state index is 6.49. The summed E-state index contributed by atoms with van der Waals surface area (Å²) < 4.78 is 0. The molecule has 0 unspecified atom stereocenters. The molecule has 2 aliphatic carbocycles. The lowest BCUT2D eigenvalue weighted by Crippen LogP contribution is -2.54. The van der Waals surface area contributed by atoms with E-state index in [4.69, 9.17) is 17.3 Å². The summed E-state index contributed by atoms with van der Waals surface area (Å²) in [5.41, 5.74) is 8.26. The summed E-state index contributed by atoms with van der Waals surface area (Å²) >= 11 is 5.90. The summed E-state index contributed by atoms with van der Waals surface area (Å²) in [6, 6.07) is 8.07. The van der Waals surface area contributed by atoms with E-state index in [0.717, 1.165) is 5.02 Å². The number of benzene rings is 1. The molecule has 1 spiro atoms. The van der Waals surface area contributed by atoms with E-state index < -0.39 is 0 Å². The third-order valence-electron chi connectivity index (χ3n) is 4.46. The first-order valence-electron chi connectivity index (χ1n) is 6.17. The molecule has 2 aliphatic rings. The molecule has 0 amide bonds. The SMILES string of the molecule is NC1(c2ccc(Cl)cc2)CC2(CCCC2)C1. The van der Waals surface area contributed by atoms with Crippen LogP contribution in [0.4, 0.5) is 0 Å². The highest BCUT2D eigenvalue weighted by Crippen LogP contribution is 2.60. The van der Waals surface area contributed by atoms with Crippen molar-refractivity contribution < 1.29 is 0 Å². The maximum atomic E-state index is 6.49. The van der Waals surface area contributed by atoms with E-state index in [-0.39, 0.29) is 5.54 Å². The largest absolute Gasteiger partial charge is 0.321 e. The molecule has 2 saturated carbocycles. The average Bonchev–Trinajstić information content (AvgIpc) is 2.66. The van der Waals surface area contributed by atoms with Gasteiger partial charge < -0.3 is 5.73 Å². The van der Waals surface area contributed by atoms with Crippen LogP contribution in [0.3, 0.4) is 0 Å². The van der Waals surface area contributed by atoms with E-state index in [0.29, 0.717) is 5.41 Å². The van der Waals surface area contributed by atoms with Crippen molar-refractivity contribution in [2.75, 3.05) is 0 Å². The first-order valence-corrected chi connectivity index (χ1v) is 6.55. The number of hydrogen-bond acceptors (Lipinski definition) is 1. The molecule has 1 aromatic rings. The van der Waals surface area contributed by atoms with Gasteiger partial charge in [0.15, 0.2) is 0 Å². The number of hydrogen-bond donors (Lipinski definition) is 1. The molecule has 2 N–H and O–H groups in total. The number of halogens is 1. The zero-order valence-corrected chi connectivity index (χ0v) is 10.3. The third-order valence-corrected chi connectivity index (χ3v) is 4.72. The van der Waals surface area contributed by atoms with Crippen molar-refractivity contribution in [2.45, 2.75) is 44.1 Å². The van der Waals surface area contributed by atoms with Crippen LogP contribution in [0.15, 0.2) is 24.3 Å². The Balaban J connectivity index is 1.79. The highest BCUT2D eigenvalue weighted by molar-refractivity contribution is 6.30. The second kappa shape index (κ2) is 3.48. The smallest absolute Gasteiger partial charge is 0.0420 e. The van der Waals surface area contributed by atoms with Crippen LogP contribution in [0.25, 0.3) is 0 Å². The lowest BCUT2D eigenvalue weighted by Gasteiger charge is -2.53. The van der Waals surface area contributed by atoms with Crippen molar-refractivity contribution in [3.05, 3.63) is 34.9 Å². The molecule has 0 atom stereocenters. The fourth-order valence-electron chi connectivity index (χ4n) is 3.75.